The molecule has 1 heterocycles. The van der Waals surface area contributed by atoms with Gasteiger partial charge in [0.25, 0.3) is 0 Å². The van der Waals surface area contributed by atoms with Crippen molar-refractivity contribution in [1.29, 1.82) is 0 Å². The van der Waals surface area contributed by atoms with E-state index in [4.69, 9.17) is 9.84 Å². The zero-order chi connectivity index (χ0) is 13.1. The molecule has 0 saturated heterocycles. The molecule has 0 aliphatic carbocycles. The molecule has 0 atom stereocenters. The van der Waals surface area contributed by atoms with Crippen molar-refractivity contribution in [2.45, 2.75) is 0 Å². The van der Waals surface area contributed by atoms with Crippen LogP contribution in [0.3, 0.4) is 0 Å². The van der Waals surface area contributed by atoms with Crippen LogP contribution >= 0.6 is 15.9 Å². The number of hydrogen-bond acceptors (Lipinski definition) is 3. The molecular weight excluding hydrogens is 305 g/mol. The van der Waals surface area contributed by atoms with Crippen LogP contribution in [-0.4, -0.2) is 16.1 Å². The van der Waals surface area contributed by atoms with Gasteiger partial charge < -0.3 is 9.84 Å². The lowest BCUT2D eigenvalue weighted by molar-refractivity contribution is 0.0690. The molecule has 2 aromatic rings. The lowest BCUT2D eigenvalue weighted by Gasteiger charge is -2.07. The van der Waals surface area contributed by atoms with E-state index in [1.54, 1.807) is 6.07 Å². The molecule has 2 rings (SSSR count). The summed E-state index contributed by atoms with van der Waals surface area (Å²) >= 11 is 3.13. The molecule has 0 spiro atoms. The first kappa shape index (κ1) is 12.5. The van der Waals surface area contributed by atoms with Crippen molar-refractivity contribution in [1.82, 2.24) is 4.98 Å². The van der Waals surface area contributed by atoms with Gasteiger partial charge in [-0.05, 0) is 24.3 Å². The predicted molar refractivity (Wildman–Crippen MR) is 65.4 cm³/mol. The van der Waals surface area contributed by atoms with Gasteiger partial charge >= 0.3 is 5.97 Å². The first-order chi connectivity index (χ1) is 8.56. The molecule has 1 N–H and O–H groups in total. The van der Waals surface area contributed by atoms with Crippen LogP contribution in [0.15, 0.2) is 41.0 Å². The number of nitrogens with zero attached hydrogens (tertiary/aromatic N) is 1. The van der Waals surface area contributed by atoms with Gasteiger partial charge in [0.05, 0.1) is 0 Å². The lowest BCUT2D eigenvalue weighted by Crippen LogP contribution is -2.00. The molecule has 4 nitrogen and oxygen atoms in total. The smallest absolute Gasteiger partial charge is 0.354 e. The number of ether oxygens (including phenoxy) is 1. The first-order valence-corrected chi connectivity index (χ1v) is 5.68. The molecule has 0 aliphatic rings. The zero-order valence-corrected chi connectivity index (χ0v) is 10.5. The average molecular weight is 312 g/mol. The Kier molecular flexibility index (Phi) is 3.57. The Morgan fingerprint density at radius 1 is 1.33 bits per heavy atom. The summed E-state index contributed by atoms with van der Waals surface area (Å²) in [5.74, 6) is -1.49. The molecule has 1 aromatic heterocycles. The summed E-state index contributed by atoms with van der Waals surface area (Å²) in [5.41, 5.74) is -0.162. The summed E-state index contributed by atoms with van der Waals surface area (Å²) in [4.78, 5) is 14.4. The molecule has 92 valence electrons. The molecule has 0 amide bonds. The van der Waals surface area contributed by atoms with Crippen LogP contribution in [0.4, 0.5) is 4.39 Å². The molecule has 0 fully saturated rings. The van der Waals surface area contributed by atoms with Crippen LogP contribution in [0.25, 0.3) is 0 Å². The zero-order valence-electron chi connectivity index (χ0n) is 8.93. The van der Waals surface area contributed by atoms with Gasteiger partial charge in [0, 0.05) is 16.7 Å². The van der Waals surface area contributed by atoms with Crippen molar-refractivity contribution >= 4 is 21.9 Å². The van der Waals surface area contributed by atoms with E-state index < -0.39 is 11.8 Å². The van der Waals surface area contributed by atoms with E-state index in [-0.39, 0.29) is 17.2 Å². The SMILES string of the molecule is O=C(O)c1cc(Oc2ccc(Br)cc2F)ccn1. The fourth-order valence-electron chi connectivity index (χ4n) is 1.28. The van der Waals surface area contributed by atoms with Crippen LogP contribution < -0.4 is 4.74 Å². The molecule has 0 bridgehead atoms. The summed E-state index contributed by atoms with van der Waals surface area (Å²) in [6, 6.07) is 7.00. The fourth-order valence-corrected chi connectivity index (χ4v) is 1.61. The van der Waals surface area contributed by atoms with Crippen LogP contribution in [0, 0.1) is 5.82 Å². The van der Waals surface area contributed by atoms with Crippen LogP contribution in [0.1, 0.15) is 10.5 Å². The number of halogens is 2. The van der Waals surface area contributed by atoms with Gasteiger partial charge in [-0.15, -0.1) is 0 Å². The second kappa shape index (κ2) is 5.14. The number of aromatic nitrogens is 1. The molecule has 1 aromatic carbocycles. The highest BCUT2D eigenvalue weighted by Gasteiger charge is 2.09. The summed E-state index contributed by atoms with van der Waals surface area (Å²) in [6.45, 7) is 0. The van der Waals surface area contributed by atoms with Gasteiger partial charge in [-0.1, -0.05) is 15.9 Å². The summed E-state index contributed by atoms with van der Waals surface area (Å²) < 4.78 is 19.4. The molecule has 0 saturated carbocycles. The maximum Gasteiger partial charge on any atom is 0.354 e. The summed E-state index contributed by atoms with van der Waals surface area (Å²) in [7, 11) is 0. The third kappa shape index (κ3) is 2.84. The Balaban J connectivity index is 2.28. The third-order valence-corrected chi connectivity index (χ3v) is 2.57. The number of hydrogen-bond donors (Lipinski definition) is 1. The van der Waals surface area contributed by atoms with E-state index >= 15 is 0 Å². The maximum atomic E-state index is 13.5. The van der Waals surface area contributed by atoms with Crippen LogP contribution in [0.2, 0.25) is 0 Å². The van der Waals surface area contributed by atoms with E-state index in [1.165, 1.54) is 30.5 Å². The number of carbonyl (C=O) groups is 1. The highest BCUT2D eigenvalue weighted by molar-refractivity contribution is 9.10. The number of rotatable bonds is 3. The van der Waals surface area contributed by atoms with E-state index in [0.717, 1.165) is 0 Å². The number of pyridine rings is 1. The average Bonchev–Trinajstić information content (AvgIpc) is 2.33. The van der Waals surface area contributed by atoms with Crippen molar-refractivity contribution in [2.75, 3.05) is 0 Å². The molecule has 0 radical (unpaired) electrons. The van der Waals surface area contributed by atoms with Gasteiger partial charge in [-0.3, -0.25) is 0 Å². The van der Waals surface area contributed by atoms with E-state index in [2.05, 4.69) is 20.9 Å². The van der Waals surface area contributed by atoms with Crippen molar-refractivity contribution in [3.05, 3.63) is 52.5 Å². The highest BCUT2D eigenvalue weighted by Crippen LogP contribution is 2.26. The second-order valence-electron chi connectivity index (χ2n) is 3.36. The maximum absolute atomic E-state index is 13.5. The third-order valence-electron chi connectivity index (χ3n) is 2.07. The van der Waals surface area contributed by atoms with Crippen LogP contribution in [-0.2, 0) is 0 Å². The Labute approximate surface area is 110 Å². The van der Waals surface area contributed by atoms with Gasteiger partial charge in [0.1, 0.15) is 5.75 Å². The molecule has 0 unspecified atom stereocenters. The van der Waals surface area contributed by atoms with E-state index in [0.29, 0.717) is 4.47 Å². The molecule has 18 heavy (non-hydrogen) atoms. The van der Waals surface area contributed by atoms with Crippen molar-refractivity contribution in [3.8, 4) is 11.5 Å². The van der Waals surface area contributed by atoms with Gasteiger partial charge in [0.2, 0.25) is 0 Å². The number of carboxylic acid groups (broad SMARTS) is 1. The largest absolute Gasteiger partial charge is 0.477 e. The normalized spacial score (nSPS) is 10.1. The fraction of sp³-hybridized carbons (Fsp3) is 0. The van der Waals surface area contributed by atoms with Gasteiger partial charge in [-0.2, -0.15) is 0 Å². The Morgan fingerprint density at radius 2 is 2.11 bits per heavy atom. The minimum atomic E-state index is -1.17. The minimum absolute atomic E-state index is 0.0146. The molecule has 6 heteroatoms. The Morgan fingerprint density at radius 3 is 2.78 bits per heavy atom. The lowest BCUT2D eigenvalue weighted by atomic mass is 10.3. The van der Waals surface area contributed by atoms with Crippen molar-refractivity contribution in [3.63, 3.8) is 0 Å². The first-order valence-electron chi connectivity index (χ1n) is 4.88. The van der Waals surface area contributed by atoms with E-state index in [9.17, 15) is 9.18 Å². The topological polar surface area (TPSA) is 59.4 Å². The quantitative estimate of drug-likeness (QED) is 0.943. The summed E-state index contributed by atoms with van der Waals surface area (Å²) in [6.07, 6.45) is 1.29. The minimum Gasteiger partial charge on any atom is -0.477 e. The molecule has 0 aliphatic heterocycles. The Bertz CT molecular complexity index is 604. The Hall–Kier alpha value is -1.95. The number of carboxylic acids is 1. The number of benzene rings is 1. The standard InChI is InChI=1S/C12H7BrFNO3/c13-7-1-2-11(9(14)5-7)18-8-3-4-15-10(6-8)12(16)17/h1-6H,(H,16,17). The van der Waals surface area contributed by atoms with E-state index in [1.807, 2.05) is 0 Å². The monoisotopic (exact) mass is 311 g/mol. The highest BCUT2D eigenvalue weighted by atomic mass is 79.9. The predicted octanol–water partition coefficient (Wildman–Crippen LogP) is 3.47. The number of aromatic carboxylic acids is 1. The van der Waals surface area contributed by atoms with Crippen molar-refractivity contribution in [2.24, 2.45) is 0 Å². The van der Waals surface area contributed by atoms with Crippen molar-refractivity contribution < 1.29 is 19.0 Å². The van der Waals surface area contributed by atoms with Gasteiger partial charge in [-0.25, -0.2) is 14.2 Å². The molecular formula is C12H7BrFNO3. The summed E-state index contributed by atoms with van der Waals surface area (Å²) in [5, 5.41) is 8.77. The second-order valence-corrected chi connectivity index (χ2v) is 4.27. The van der Waals surface area contributed by atoms with Gasteiger partial charge in [0.15, 0.2) is 17.3 Å². The van der Waals surface area contributed by atoms with Crippen LogP contribution in [0.5, 0.6) is 11.5 Å².